The minimum absolute atomic E-state index is 0.143. The Labute approximate surface area is 86.2 Å². The number of rotatable bonds is 2. The molecule has 0 saturated carbocycles. The summed E-state index contributed by atoms with van der Waals surface area (Å²) in [5.41, 5.74) is -0.143. The third kappa shape index (κ3) is 2.27. The van der Waals surface area contributed by atoms with Crippen LogP contribution in [0.1, 0.15) is 39.0 Å². The molecule has 0 aromatic heterocycles. The number of hydrogen-bond donors (Lipinski definition) is 1. The Morgan fingerprint density at radius 2 is 2.36 bits per heavy atom. The Morgan fingerprint density at radius 1 is 1.43 bits per heavy atom. The Hall–Kier alpha value is -0.120. The summed E-state index contributed by atoms with van der Waals surface area (Å²) in [6.07, 6.45) is 5.87. The lowest BCUT2D eigenvalue weighted by Gasteiger charge is -2.44. The molecule has 2 atom stereocenters. The summed E-state index contributed by atoms with van der Waals surface area (Å²) in [5, 5.41) is 3.62. The molecule has 0 bridgehead atoms. The summed E-state index contributed by atoms with van der Waals surface area (Å²) >= 11 is 0. The van der Waals surface area contributed by atoms with Crippen molar-refractivity contribution in [3.63, 3.8) is 0 Å². The molecule has 0 radical (unpaired) electrons. The van der Waals surface area contributed by atoms with Gasteiger partial charge in [-0.15, -0.1) is 0 Å². The molecule has 3 heteroatoms. The van der Waals surface area contributed by atoms with E-state index in [4.69, 9.17) is 9.47 Å². The van der Waals surface area contributed by atoms with E-state index in [1.165, 1.54) is 12.8 Å². The van der Waals surface area contributed by atoms with Crippen molar-refractivity contribution in [3.05, 3.63) is 0 Å². The minimum atomic E-state index is -0.143. The predicted molar refractivity (Wildman–Crippen MR) is 55.2 cm³/mol. The Bertz CT molecular complexity index is 171. The molecular formula is C11H21NO2. The van der Waals surface area contributed by atoms with Gasteiger partial charge < -0.3 is 9.47 Å². The van der Waals surface area contributed by atoms with Crippen LogP contribution in [0.2, 0.25) is 0 Å². The van der Waals surface area contributed by atoms with Crippen molar-refractivity contribution in [1.82, 2.24) is 5.32 Å². The highest BCUT2D eigenvalue weighted by molar-refractivity contribution is 4.88. The molecule has 2 unspecified atom stereocenters. The van der Waals surface area contributed by atoms with E-state index in [0.717, 1.165) is 39.1 Å². The summed E-state index contributed by atoms with van der Waals surface area (Å²) in [6.45, 7) is 4.75. The Kier molecular flexibility index (Phi) is 3.42. The second-order valence-electron chi connectivity index (χ2n) is 4.42. The predicted octanol–water partition coefficient (Wildman–Crippen LogP) is 1.67. The molecule has 2 aliphatic heterocycles. The van der Waals surface area contributed by atoms with Crippen molar-refractivity contribution in [2.45, 2.75) is 50.8 Å². The molecule has 2 rings (SSSR count). The first-order chi connectivity index (χ1) is 6.85. The van der Waals surface area contributed by atoms with E-state index < -0.39 is 0 Å². The molecule has 14 heavy (non-hydrogen) atoms. The van der Waals surface area contributed by atoms with Crippen LogP contribution in [-0.4, -0.2) is 31.6 Å². The highest BCUT2D eigenvalue weighted by Gasteiger charge is 2.38. The van der Waals surface area contributed by atoms with Crippen LogP contribution in [0.25, 0.3) is 0 Å². The van der Waals surface area contributed by atoms with Crippen molar-refractivity contribution < 1.29 is 9.47 Å². The maximum Gasteiger partial charge on any atom is 0.143 e. The number of nitrogens with one attached hydrogen (secondary N) is 1. The molecule has 2 heterocycles. The van der Waals surface area contributed by atoms with Gasteiger partial charge in [-0.25, -0.2) is 0 Å². The third-order valence-electron chi connectivity index (χ3n) is 3.15. The van der Waals surface area contributed by atoms with E-state index in [0.29, 0.717) is 6.04 Å². The van der Waals surface area contributed by atoms with Crippen LogP contribution in [0.3, 0.4) is 0 Å². The summed E-state index contributed by atoms with van der Waals surface area (Å²) < 4.78 is 11.3. The largest absolute Gasteiger partial charge is 0.377 e. The Balaban J connectivity index is 1.91. The van der Waals surface area contributed by atoms with Gasteiger partial charge in [-0.05, 0) is 25.7 Å². The quantitative estimate of drug-likeness (QED) is 0.734. The average molecular weight is 199 g/mol. The topological polar surface area (TPSA) is 30.5 Å². The summed E-state index contributed by atoms with van der Waals surface area (Å²) in [7, 11) is 0. The van der Waals surface area contributed by atoms with Crippen molar-refractivity contribution in [3.8, 4) is 0 Å². The fraction of sp³-hybridized carbons (Fsp3) is 1.00. The molecule has 3 nitrogen and oxygen atoms in total. The van der Waals surface area contributed by atoms with Crippen LogP contribution in [0.15, 0.2) is 0 Å². The highest BCUT2D eigenvalue weighted by Crippen LogP contribution is 2.26. The average Bonchev–Trinajstić information content (AvgIpc) is 2.19. The van der Waals surface area contributed by atoms with E-state index in [9.17, 15) is 0 Å². The van der Waals surface area contributed by atoms with E-state index in [2.05, 4.69) is 12.2 Å². The van der Waals surface area contributed by atoms with E-state index in [-0.39, 0.29) is 5.72 Å². The van der Waals surface area contributed by atoms with Crippen LogP contribution >= 0.6 is 0 Å². The van der Waals surface area contributed by atoms with Crippen LogP contribution in [0, 0.1) is 0 Å². The van der Waals surface area contributed by atoms with Crippen molar-refractivity contribution in [2.75, 3.05) is 19.8 Å². The van der Waals surface area contributed by atoms with Gasteiger partial charge in [0.25, 0.3) is 0 Å². The third-order valence-corrected chi connectivity index (χ3v) is 3.15. The molecule has 1 N–H and O–H groups in total. The van der Waals surface area contributed by atoms with Crippen molar-refractivity contribution in [1.29, 1.82) is 0 Å². The van der Waals surface area contributed by atoms with Crippen molar-refractivity contribution in [2.24, 2.45) is 0 Å². The smallest absolute Gasteiger partial charge is 0.143 e. The van der Waals surface area contributed by atoms with E-state index in [1.54, 1.807) is 0 Å². The van der Waals surface area contributed by atoms with Gasteiger partial charge in [0.15, 0.2) is 0 Å². The standard InChI is InChI=1S/C11H21NO2/c1-2-4-10-5-8-14-11(12-10)6-3-7-13-9-11/h10,12H,2-9H2,1H3. The maximum atomic E-state index is 5.85. The molecule has 0 aliphatic carbocycles. The van der Waals surface area contributed by atoms with Gasteiger partial charge in [0, 0.05) is 12.6 Å². The van der Waals surface area contributed by atoms with Crippen molar-refractivity contribution >= 4 is 0 Å². The van der Waals surface area contributed by atoms with Crippen LogP contribution in [-0.2, 0) is 9.47 Å². The normalized spacial score (nSPS) is 38.8. The van der Waals surface area contributed by atoms with Crippen LogP contribution in [0.4, 0.5) is 0 Å². The SMILES string of the molecule is CCCC1CCOC2(CCCOC2)N1. The fourth-order valence-electron chi connectivity index (χ4n) is 2.44. The lowest BCUT2D eigenvalue weighted by atomic mass is 9.99. The first-order valence-electron chi connectivity index (χ1n) is 5.84. The molecule has 1 spiro atoms. The second kappa shape index (κ2) is 4.60. The highest BCUT2D eigenvalue weighted by atomic mass is 16.6. The summed E-state index contributed by atoms with van der Waals surface area (Å²) in [4.78, 5) is 0. The first kappa shape index (κ1) is 10.4. The summed E-state index contributed by atoms with van der Waals surface area (Å²) in [6, 6.07) is 0.635. The molecule has 2 aliphatic rings. The fourth-order valence-corrected chi connectivity index (χ4v) is 2.44. The molecule has 82 valence electrons. The Morgan fingerprint density at radius 3 is 3.07 bits per heavy atom. The van der Waals surface area contributed by atoms with Gasteiger partial charge in [-0.3, -0.25) is 5.32 Å². The van der Waals surface area contributed by atoms with Gasteiger partial charge in [-0.2, -0.15) is 0 Å². The van der Waals surface area contributed by atoms with Gasteiger partial charge in [0.1, 0.15) is 5.72 Å². The van der Waals surface area contributed by atoms with Gasteiger partial charge >= 0.3 is 0 Å². The molecule has 0 amide bonds. The maximum absolute atomic E-state index is 5.85. The minimum Gasteiger partial charge on any atom is -0.377 e. The van der Waals surface area contributed by atoms with Crippen LogP contribution in [0.5, 0.6) is 0 Å². The van der Waals surface area contributed by atoms with E-state index in [1.807, 2.05) is 0 Å². The van der Waals surface area contributed by atoms with Gasteiger partial charge in [0.2, 0.25) is 0 Å². The zero-order chi connectivity index (χ0) is 9.86. The molecule has 2 fully saturated rings. The summed E-state index contributed by atoms with van der Waals surface area (Å²) in [5.74, 6) is 0. The monoisotopic (exact) mass is 199 g/mol. The first-order valence-corrected chi connectivity index (χ1v) is 5.84. The molecule has 0 aromatic rings. The van der Waals surface area contributed by atoms with E-state index >= 15 is 0 Å². The lowest BCUT2D eigenvalue weighted by molar-refractivity contribution is -0.174. The number of hydrogen-bond acceptors (Lipinski definition) is 3. The molecular weight excluding hydrogens is 178 g/mol. The second-order valence-corrected chi connectivity index (χ2v) is 4.42. The molecule has 0 aromatic carbocycles. The zero-order valence-electron chi connectivity index (χ0n) is 9.05. The zero-order valence-corrected chi connectivity index (χ0v) is 9.05. The van der Waals surface area contributed by atoms with Gasteiger partial charge in [-0.1, -0.05) is 13.3 Å². The molecule has 2 saturated heterocycles. The number of ether oxygens (including phenoxy) is 2. The van der Waals surface area contributed by atoms with Gasteiger partial charge in [0.05, 0.1) is 13.2 Å². The lowest BCUT2D eigenvalue weighted by Crippen LogP contribution is -2.60. The van der Waals surface area contributed by atoms with Crippen LogP contribution < -0.4 is 5.32 Å².